The molecule has 2 rings (SSSR count). The van der Waals surface area contributed by atoms with Gasteiger partial charge in [-0.1, -0.05) is 57.4 Å². The number of nitrogens with two attached hydrogens (primary N) is 1. The monoisotopic (exact) mass is 500 g/mol. The summed E-state index contributed by atoms with van der Waals surface area (Å²) in [5.74, 6) is 0.249. The maximum atomic E-state index is 12.4. The number of nitrogens with one attached hydrogen (secondary N) is 3. The Bertz CT molecular complexity index is 873. The van der Waals surface area contributed by atoms with Crippen LogP contribution in [0.25, 0.3) is 0 Å². The molecule has 0 aromatic heterocycles. The summed E-state index contributed by atoms with van der Waals surface area (Å²) in [5.41, 5.74) is 7.39. The van der Waals surface area contributed by atoms with Crippen LogP contribution in [0.1, 0.15) is 76.8 Å². The fourth-order valence-electron chi connectivity index (χ4n) is 4.55. The highest BCUT2D eigenvalue weighted by atomic mass is 16.2. The van der Waals surface area contributed by atoms with Crippen molar-refractivity contribution in [3.05, 3.63) is 35.4 Å². The second-order valence-electron chi connectivity index (χ2n) is 9.67. The number of urea groups is 1. The first-order chi connectivity index (χ1) is 17.3. The van der Waals surface area contributed by atoms with Crippen LogP contribution in [0.3, 0.4) is 0 Å². The number of rotatable bonds is 13. The molecule has 2 atom stereocenters. The number of likely N-dealkylation sites (tertiary alicyclic amines) is 1. The summed E-state index contributed by atoms with van der Waals surface area (Å²) >= 11 is 0. The Morgan fingerprint density at radius 1 is 1.14 bits per heavy atom. The molecule has 1 aliphatic heterocycles. The Morgan fingerprint density at radius 3 is 2.47 bits per heavy atom. The van der Waals surface area contributed by atoms with Crippen LogP contribution in [-0.4, -0.2) is 54.3 Å². The smallest absolute Gasteiger partial charge is 0.315 e. The van der Waals surface area contributed by atoms with Crippen LogP contribution in [0.2, 0.25) is 0 Å². The SMILES string of the molecule is CCCCNC(=O)NCc1ccc(CN=C(N)NC(C=O)(CCCC)C2CCCN(C(C)=O)C2)cc1. The summed E-state index contributed by atoms with van der Waals surface area (Å²) in [5, 5.41) is 8.93. The Hall–Kier alpha value is -3.10. The van der Waals surface area contributed by atoms with Crippen LogP contribution in [0, 0.1) is 5.92 Å². The quantitative estimate of drug-likeness (QED) is 0.143. The third kappa shape index (κ3) is 9.17. The minimum absolute atomic E-state index is 0.0149. The summed E-state index contributed by atoms with van der Waals surface area (Å²) in [4.78, 5) is 42.5. The van der Waals surface area contributed by atoms with Crippen LogP contribution >= 0.6 is 0 Å². The molecular formula is C27H44N6O3. The van der Waals surface area contributed by atoms with Crippen molar-refractivity contribution in [1.82, 2.24) is 20.9 Å². The molecule has 36 heavy (non-hydrogen) atoms. The van der Waals surface area contributed by atoms with Gasteiger partial charge in [0.1, 0.15) is 11.8 Å². The molecule has 2 unspecified atom stereocenters. The highest BCUT2D eigenvalue weighted by Crippen LogP contribution is 2.30. The van der Waals surface area contributed by atoms with Crippen LogP contribution in [0.5, 0.6) is 0 Å². The van der Waals surface area contributed by atoms with Gasteiger partial charge >= 0.3 is 6.03 Å². The van der Waals surface area contributed by atoms with Crippen molar-refractivity contribution in [2.45, 2.75) is 84.3 Å². The van der Waals surface area contributed by atoms with Crippen LogP contribution in [0.15, 0.2) is 29.3 Å². The molecule has 1 fully saturated rings. The number of hydrogen-bond acceptors (Lipinski definition) is 4. The lowest BCUT2D eigenvalue weighted by molar-refractivity contribution is -0.132. The molecule has 0 saturated carbocycles. The van der Waals surface area contributed by atoms with Gasteiger partial charge in [0.25, 0.3) is 0 Å². The molecule has 200 valence electrons. The first kappa shape index (κ1) is 29.1. The van der Waals surface area contributed by atoms with Crippen LogP contribution in [-0.2, 0) is 22.7 Å². The highest BCUT2D eigenvalue weighted by molar-refractivity contribution is 5.83. The van der Waals surface area contributed by atoms with Gasteiger partial charge < -0.3 is 31.4 Å². The van der Waals surface area contributed by atoms with E-state index in [1.165, 1.54) is 0 Å². The van der Waals surface area contributed by atoms with E-state index in [2.05, 4.69) is 34.8 Å². The topological polar surface area (TPSA) is 129 Å². The van der Waals surface area contributed by atoms with E-state index in [1.807, 2.05) is 29.2 Å². The number of carbonyl (C=O) groups is 3. The maximum Gasteiger partial charge on any atom is 0.315 e. The molecule has 0 radical (unpaired) electrons. The van der Waals surface area contributed by atoms with Gasteiger partial charge in [0.15, 0.2) is 5.96 Å². The van der Waals surface area contributed by atoms with Gasteiger partial charge in [0.2, 0.25) is 5.91 Å². The molecule has 5 N–H and O–H groups in total. The van der Waals surface area contributed by atoms with E-state index >= 15 is 0 Å². The second-order valence-corrected chi connectivity index (χ2v) is 9.67. The molecule has 1 saturated heterocycles. The third-order valence-corrected chi connectivity index (χ3v) is 6.83. The lowest BCUT2D eigenvalue weighted by Gasteiger charge is -2.43. The lowest BCUT2D eigenvalue weighted by atomic mass is 9.76. The fourth-order valence-corrected chi connectivity index (χ4v) is 4.55. The normalized spacial score (nSPS) is 17.7. The van der Waals surface area contributed by atoms with Gasteiger partial charge in [-0.05, 0) is 36.8 Å². The summed E-state index contributed by atoms with van der Waals surface area (Å²) in [6.07, 6.45) is 7.18. The maximum absolute atomic E-state index is 12.4. The first-order valence-electron chi connectivity index (χ1n) is 13.2. The Labute approximate surface area is 215 Å². The predicted molar refractivity (Wildman–Crippen MR) is 143 cm³/mol. The zero-order valence-electron chi connectivity index (χ0n) is 22.1. The van der Waals surface area contributed by atoms with Gasteiger partial charge in [-0.15, -0.1) is 0 Å². The summed E-state index contributed by atoms with van der Waals surface area (Å²) in [7, 11) is 0. The van der Waals surface area contributed by atoms with Gasteiger partial charge in [-0.25, -0.2) is 9.79 Å². The Kier molecular flexibility index (Phi) is 12.2. The molecule has 9 heteroatoms. The van der Waals surface area contributed by atoms with E-state index in [4.69, 9.17) is 5.73 Å². The van der Waals surface area contributed by atoms with E-state index in [-0.39, 0.29) is 23.8 Å². The number of nitrogens with zero attached hydrogens (tertiary/aromatic N) is 2. The molecule has 0 aliphatic carbocycles. The van der Waals surface area contributed by atoms with Gasteiger partial charge in [-0.2, -0.15) is 0 Å². The van der Waals surface area contributed by atoms with Crippen LogP contribution < -0.4 is 21.7 Å². The highest BCUT2D eigenvalue weighted by Gasteiger charge is 2.41. The van der Waals surface area contributed by atoms with Crippen molar-refractivity contribution < 1.29 is 14.4 Å². The van der Waals surface area contributed by atoms with Crippen molar-refractivity contribution in [3.63, 3.8) is 0 Å². The van der Waals surface area contributed by atoms with Crippen molar-refractivity contribution in [2.75, 3.05) is 19.6 Å². The van der Waals surface area contributed by atoms with Crippen molar-refractivity contribution in [2.24, 2.45) is 16.6 Å². The van der Waals surface area contributed by atoms with E-state index in [9.17, 15) is 14.4 Å². The van der Waals surface area contributed by atoms with E-state index in [0.717, 1.165) is 62.5 Å². The number of guanidine groups is 1. The third-order valence-electron chi connectivity index (χ3n) is 6.83. The lowest BCUT2D eigenvalue weighted by Crippen LogP contribution is -2.61. The van der Waals surface area contributed by atoms with Crippen molar-refractivity contribution in [1.29, 1.82) is 0 Å². The molecule has 1 heterocycles. The number of unbranched alkanes of at least 4 members (excludes halogenated alkanes) is 2. The van der Waals surface area contributed by atoms with Gasteiger partial charge in [0, 0.05) is 39.0 Å². The second kappa shape index (κ2) is 15.1. The summed E-state index contributed by atoms with van der Waals surface area (Å²) in [6.45, 7) is 8.52. The Morgan fingerprint density at radius 2 is 1.83 bits per heavy atom. The van der Waals surface area contributed by atoms with Gasteiger partial charge in [-0.3, -0.25) is 4.79 Å². The molecule has 0 spiro atoms. The summed E-state index contributed by atoms with van der Waals surface area (Å²) in [6, 6.07) is 7.66. The predicted octanol–water partition coefficient (Wildman–Crippen LogP) is 3.08. The van der Waals surface area contributed by atoms with Crippen molar-refractivity contribution in [3.8, 4) is 0 Å². The van der Waals surface area contributed by atoms with E-state index in [1.54, 1.807) is 6.92 Å². The molecule has 0 bridgehead atoms. The minimum Gasteiger partial charge on any atom is -0.370 e. The average molecular weight is 501 g/mol. The number of aliphatic imine (C=N–C) groups is 1. The van der Waals surface area contributed by atoms with E-state index < -0.39 is 5.54 Å². The molecule has 1 aromatic carbocycles. The van der Waals surface area contributed by atoms with E-state index in [0.29, 0.717) is 32.6 Å². The number of benzene rings is 1. The first-order valence-corrected chi connectivity index (χ1v) is 13.2. The summed E-state index contributed by atoms with van der Waals surface area (Å²) < 4.78 is 0. The Balaban J connectivity index is 1.98. The number of amides is 3. The number of hydrogen-bond donors (Lipinski definition) is 4. The molecule has 9 nitrogen and oxygen atoms in total. The average Bonchev–Trinajstić information content (AvgIpc) is 2.89. The van der Waals surface area contributed by atoms with Gasteiger partial charge in [0.05, 0.1) is 6.54 Å². The zero-order valence-corrected chi connectivity index (χ0v) is 22.1. The number of piperidine rings is 1. The zero-order chi connectivity index (χ0) is 26.4. The molecule has 3 amide bonds. The molecule has 1 aromatic rings. The van der Waals surface area contributed by atoms with Crippen molar-refractivity contribution >= 4 is 24.2 Å². The minimum atomic E-state index is -0.842. The number of aldehydes is 1. The number of carbonyl (C=O) groups excluding carboxylic acids is 3. The fraction of sp³-hybridized carbons (Fsp3) is 0.630. The largest absolute Gasteiger partial charge is 0.370 e. The standard InChI is InChI=1S/C27H44N6O3/c1-4-6-14-27(20-34,24-9-8-16-33(19-24)21(3)35)32-25(28)30-17-22-10-12-23(13-11-22)18-31-26(36)29-15-7-5-2/h10-13,20,24H,4-9,14-19H2,1-3H3,(H3,28,30,32)(H2,29,31,36). The molecule has 1 aliphatic rings. The van der Waals surface area contributed by atoms with Crippen LogP contribution in [0.4, 0.5) is 4.79 Å². The molecular weight excluding hydrogens is 456 g/mol.